The minimum atomic E-state index is -0.343. The number of aromatic nitrogens is 1. The second-order valence-corrected chi connectivity index (χ2v) is 10.7. The Morgan fingerprint density at radius 1 is 0.976 bits per heavy atom. The molecule has 4 aromatic carbocycles. The number of pyridine rings is 1. The monoisotopic (exact) mass is 651 g/mol. The lowest BCUT2D eigenvalue weighted by atomic mass is 10.1. The summed E-state index contributed by atoms with van der Waals surface area (Å²) >= 11 is 15.8. The van der Waals surface area contributed by atoms with Crippen LogP contribution in [0, 0.1) is 0 Å². The van der Waals surface area contributed by atoms with Crippen molar-refractivity contribution in [3.8, 4) is 11.5 Å². The molecule has 5 rings (SSSR count). The van der Waals surface area contributed by atoms with E-state index in [9.17, 15) is 9.59 Å². The summed E-state index contributed by atoms with van der Waals surface area (Å²) in [5.74, 6) is 0.672. The molecule has 7 nitrogen and oxygen atoms in total. The van der Waals surface area contributed by atoms with Crippen molar-refractivity contribution >= 4 is 73.1 Å². The largest absolute Gasteiger partial charge is 0.490 e. The number of hydrazone groups is 1. The third-order valence-electron chi connectivity index (χ3n) is 6.30. The van der Waals surface area contributed by atoms with Crippen LogP contribution in [0.1, 0.15) is 18.1 Å². The summed E-state index contributed by atoms with van der Waals surface area (Å²) in [6.07, 6.45) is 1.52. The molecule has 0 saturated carbocycles. The number of hydrogen-bond donors (Lipinski definition) is 1. The van der Waals surface area contributed by atoms with E-state index in [1.807, 2.05) is 54.0 Å². The Labute approximate surface area is 254 Å². The summed E-state index contributed by atoms with van der Waals surface area (Å²) in [6, 6.07) is 23.3. The van der Waals surface area contributed by atoms with E-state index in [1.54, 1.807) is 36.4 Å². The third kappa shape index (κ3) is 6.40. The quantitative estimate of drug-likeness (QED) is 0.103. The van der Waals surface area contributed by atoms with E-state index >= 15 is 0 Å². The highest BCUT2D eigenvalue weighted by Crippen LogP contribution is 2.37. The van der Waals surface area contributed by atoms with Crippen molar-refractivity contribution in [2.75, 3.05) is 6.61 Å². The maximum Gasteiger partial charge on any atom is 0.260 e. The fourth-order valence-corrected chi connectivity index (χ4v) is 5.50. The topological polar surface area (TPSA) is 81.9 Å². The zero-order chi connectivity index (χ0) is 28.9. The van der Waals surface area contributed by atoms with E-state index < -0.39 is 0 Å². The minimum Gasteiger partial charge on any atom is -0.490 e. The van der Waals surface area contributed by atoms with Gasteiger partial charge < -0.3 is 14.0 Å². The van der Waals surface area contributed by atoms with Crippen LogP contribution in [-0.2, 0) is 17.9 Å². The van der Waals surface area contributed by atoms with E-state index in [-0.39, 0.29) is 24.5 Å². The van der Waals surface area contributed by atoms with Crippen LogP contribution in [0.15, 0.2) is 93.2 Å². The summed E-state index contributed by atoms with van der Waals surface area (Å²) in [6.45, 7) is 2.49. The summed E-state index contributed by atoms with van der Waals surface area (Å²) in [4.78, 5) is 25.9. The predicted molar refractivity (Wildman–Crippen MR) is 168 cm³/mol. The van der Waals surface area contributed by atoms with E-state index in [1.165, 1.54) is 6.21 Å². The van der Waals surface area contributed by atoms with E-state index in [0.29, 0.717) is 60.0 Å². The van der Waals surface area contributed by atoms with Gasteiger partial charge in [0.25, 0.3) is 5.91 Å². The lowest BCUT2D eigenvalue weighted by Crippen LogP contribution is -2.25. The first-order chi connectivity index (χ1) is 19.9. The Morgan fingerprint density at radius 2 is 1.66 bits per heavy atom. The van der Waals surface area contributed by atoms with Crippen LogP contribution in [0.2, 0.25) is 10.0 Å². The lowest BCUT2D eigenvalue weighted by Gasteiger charge is -2.15. The molecule has 0 atom stereocenters. The van der Waals surface area contributed by atoms with Gasteiger partial charge in [0.2, 0.25) is 0 Å². The van der Waals surface area contributed by atoms with E-state index in [4.69, 9.17) is 32.7 Å². The molecule has 1 N–H and O–H groups in total. The number of halogens is 3. The van der Waals surface area contributed by atoms with Gasteiger partial charge in [-0.1, -0.05) is 53.5 Å². The van der Waals surface area contributed by atoms with Crippen molar-refractivity contribution < 1.29 is 14.3 Å². The molecule has 1 heterocycles. The molecule has 0 saturated heterocycles. The second kappa shape index (κ2) is 12.8. The molecule has 41 heavy (non-hydrogen) atoms. The van der Waals surface area contributed by atoms with Crippen LogP contribution in [0.4, 0.5) is 0 Å². The number of carbonyl (C=O) groups excluding carboxylic acids is 1. The molecule has 0 fully saturated rings. The molecule has 0 radical (unpaired) electrons. The molecular formula is C31H24BrCl2N3O4. The van der Waals surface area contributed by atoms with Gasteiger partial charge in [0.05, 0.1) is 28.3 Å². The smallest absolute Gasteiger partial charge is 0.260 e. The van der Waals surface area contributed by atoms with Crippen molar-refractivity contribution in [2.24, 2.45) is 5.10 Å². The third-order valence-corrected chi connectivity index (χ3v) is 7.48. The van der Waals surface area contributed by atoms with Gasteiger partial charge in [0.15, 0.2) is 16.9 Å². The number of rotatable bonds is 9. The van der Waals surface area contributed by atoms with Gasteiger partial charge in [-0.3, -0.25) is 9.59 Å². The molecule has 0 unspecified atom stereocenters. The maximum absolute atomic E-state index is 12.9. The molecule has 0 bridgehead atoms. The minimum absolute atomic E-state index is 0.0213. The standard InChI is InChI=1S/C31H24BrCl2N3O4/c1-2-40-28-14-19(13-24(32)31(28)41-18-20-11-12-21(33)15-25(20)34)16-35-36-29(38)17-37-26-9-5-3-7-22(26)30(39)23-8-4-6-10-27(23)37/h3-16H,2,17-18H2,1H3,(H,36,38). The van der Waals surface area contributed by atoms with Gasteiger partial charge in [0, 0.05) is 26.4 Å². The van der Waals surface area contributed by atoms with Gasteiger partial charge in [-0.2, -0.15) is 5.10 Å². The average Bonchev–Trinajstić information content (AvgIpc) is 2.96. The average molecular weight is 653 g/mol. The molecule has 1 aromatic heterocycles. The van der Waals surface area contributed by atoms with Gasteiger partial charge in [-0.05, 0) is 76.9 Å². The van der Waals surface area contributed by atoms with Crippen molar-refractivity contribution in [1.82, 2.24) is 9.99 Å². The number of benzene rings is 4. The number of nitrogens with zero attached hydrogens (tertiary/aromatic N) is 2. The summed E-state index contributed by atoms with van der Waals surface area (Å²) in [7, 11) is 0. The second-order valence-electron chi connectivity index (χ2n) is 9.03. The molecule has 0 aliphatic carbocycles. The summed E-state index contributed by atoms with van der Waals surface area (Å²) in [5, 5.41) is 6.31. The Bertz CT molecular complexity index is 1800. The van der Waals surface area contributed by atoms with Gasteiger partial charge >= 0.3 is 0 Å². The normalized spacial score (nSPS) is 11.3. The molecule has 10 heteroatoms. The van der Waals surface area contributed by atoms with E-state index in [2.05, 4.69) is 26.5 Å². The molecule has 0 aliphatic rings. The van der Waals surface area contributed by atoms with Crippen LogP contribution < -0.4 is 20.3 Å². The van der Waals surface area contributed by atoms with Crippen LogP contribution in [0.3, 0.4) is 0 Å². The Kier molecular flexibility index (Phi) is 8.93. The highest BCUT2D eigenvalue weighted by molar-refractivity contribution is 9.10. The highest BCUT2D eigenvalue weighted by Gasteiger charge is 2.15. The number of fused-ring (bicyclic) bond motifs is 2. The number of amides is 1. The number of ether oxygens (including phenoxy) is 2. The van der Waals surface area contributed by atoms with Crippen LogP contribution >= 0.6 is 39.1 Å². The first-order valence-corrected chi connectivity index (χ1v) is 14.3. The lowest BCUT2D eigenvalue weighted by molar-refractivity contribution is -0.121. The predicted octanol–water partition coefficient (Wildman–Crippen LogP) is 7.35. The zero-order valence-corrected chi connectivity index (χ0v) is 25.0. The Balaban J connectivity index is 1.33. The molecule has 208 valence electrons. The number of carbonyl (C=O) groups is 1. The van der Waals surface area contributed by atoms with Crippen LogP contribution in [0.5, 0.6) is 11.5 Å². The molecular weight excluding hydrogens is 629 g/mol. The fourth-order valence-electron chi connectivity index (χ4n) is 4.46. The Morgan fingerprint density at radius 3 is 2.32 bits per heavy atom. The number of nitrogens with one attached hydrogen (secondary N) is 1. The molecule has 0 aliphatic heterocycles. The first kappa shape index (κ1) is 28.7. The van der Waals surface area contributed by atoms with Crippen LogP contribution in [0.25, 0.3) is 21.8 Å². The SMILES string of the molecule is CCOc1cc(C=NNC(=O)Cn2c3ccccc3c(=O)c3ccccc32)cc(Br)c1OCc1ccc(Cl)cc1Cl. The summed E-state index contributed by atoms with van der Waals surface area (Å²) in [5.41, 5.74) is 5.33. The Hall–Kier alpha value is -3.85. The van der Waals surface area contributed by atoms with Crippen molar-refractivity contribution in [3.63, 3.8) is 0 Å². The fraction of sp³-hybridized carbons (Fsp3) is 0.129. The number of hydrogen-bond acceptors (Lipinski definition) is 5. The van der Waals surface area contributed by atoms with Gasteiger partial charge in [-0.25, -0.2) is 5.43 Å². The van der Waals surface area contributed by atoms with Gasteiger partial charge in [0.1, 0.15) is 13.2 Å². The van der Waals surface area contributed by atoms with Crippen molar-refractivity contribution in [1.29, 1.82) is 0 Å². The molecule has 5 aromatic rings. The van der Waals surface area contributed by atoms with Gasteiger partial charge in [-0.15, -0.1) is 0 Å². The first-order valence-electron chi connectivity index (χ1n) is 12.7. The zero-order valence-electron chi connectivity index (χ0n) is 21.9. The molecule has 1 amide bonds. The number of para-hydroxylation sites is 2. The van der Waals surface area contributed by atoms with Crippen molar-refractivity contribution in [3.05, 3.63) is 115 Å². The van der Waals surface area contributed by atoms with Crippen LogP contribution in [-0.4, -0.2) is 23.3 Å². The maximum atomic E-state index is 12.9. The highest BCUT2D eigenvalue weighted by atomic mass is 79.9. The van der Waals surface area contributed by atoms with E-state index in [0.717, 1.165) is 5.56 Å². The summed E-state index contributed by atoms with van der Waals surface area (Å²) < 4.78 is 14.3. The van der Waals surface area contributed by atoms with Crippen molar-refractivity contribution in [2.45, 2.75) is 20.1 Å². The molecule has 0 spiro atoms.